The van der Waals surface area contributed by atoms with E-state index < -0.39 is 12.2 Å². The molecule has 0 radical (unpaired) electrons. The summed E-state index contributed by atoms with van der Waals surface area (Å²) in [6, 6.07) is 7.46. The second kappa shape index (κ2) is 5.56. The molecule has 1 aromatic heterocycles. The zero-order valence-electron chi connectivity index (χ0n) is 12.5. The Labute approximate surface area is 119 Å². The van der Waals surface area contributed by atoms with Crippen LogP contribution in [0.1, 0.15) is 51.2 Å². The third-order valence-corrected chi connectivity index (χ3v) is 3.20. The van der Waals surface area contributed by atoms with Crippen LogP contribution in [0.25, 0.3) is 11.0 Å². The summed E-state index contributed by atoms with van der Waals surface area (Å²) in [6.07, 6.45) is -1.30. The molecule has 2 aromatic rings. The molecule has 0 unspecified atom stereocenters. The third-order valence-electron chi connectivity index (χ3n) is 3.20. The Balaban J connectivity index is 2.25. The van der Waals surface area contributed by atoms with Gasteiger partial charge in [0.05, 0.1) is 6.10 Å². The standard InChI is InChI=1S/C16H23NO3/c1-10(18)12-7-5-6-11-8-14(20-15(11)12)13(19)9-17-16(2,3)4/h5-8,10,13,17-19H,9H2,1-4H3/t10-,13-/m1/s1. The molecule has 0 fully saturated rings. The van der Waals surface area contributed by atoms with E-state index in [0.717, 1.165) is 10.9 Å². The fraction of sp³-hybridized carbons (Fsp3) is 0.500. The minimum absolute atomic E-state index is 0.0578. The molecule has 1 aromatic carbocycles. The van der Waals surface area contributed by atoms with E-state index in [-0.39, 0.29) is 5.54 Å². The van der Waals surface area contributed by atoms with Crippen LogP contribution in [0.3, 0.4) is 0 Å². The minimum atomic E-state index is -0.705. The Morgan fingerprint density at radius 1 is 1.25 bits per heavy atom. The monoisotopic (exact) mass is 277 g/mol. The molecule has 3 N–H and O–H groups in total. The number of rotatable bonds is 4. The van der Waals surface area contributed by atoms with Crippen LogP contribution in [0.5, 0.6) is 0 Å². The second-order valence-electron chi connectivity index (χ2n) is 6.24. The number of nitrogens with one attached hydrogen (secondary N) is 1. The van der Waals surface area contributed by atoms with Gasteiger partial charge in [0.1, 0.15) is 17.4 Å². The van der Waals surface area contributed by atoms with Gasteiger partial charge in [-0.1, -0.05) is 18.2 Å². The quantitative estimate of drug-likeness (QED) is 0.804. The van der Waals surface area contributed by atoms with Gasteiger partial charge in [-0.3, -0.25) is 0 Å². The molecule has 0 aliphatic carbocycles. The van der Waals surface area contributed by atoms with Gasteiger partial charge in [0.25, 0.3) is 0 Å². The lowest BCUT2D eigenvalue weighted by molar-refractivity contribution is 0.139. The average Bonchev–Trinajstić information content (AvgIpc) is 2.78. The van der Waals surface area contributed by atoms with Gasteiger partial charge in [0.15, 0.2) is 0 Å². The summed E-state index contributed by atoms with van der Waals surface area (Å²) in [6.45, 7) is 8.26. The summed E-state index contributed by atoms with van der Waals surface area (Å²) >= 11 is 0. The fourth-order valence-corrected chi connectivity index (χ4v) is 2.10. The topological polar surface area (TPSA) is 65.6 Å². The average molecular weight is 277 g/mol. The van der Waals surface area contributed by atoms with Gasteiger partial charge in [-0.05, 0) is 33.8 Å². The minimum Gasteiger partial charge on any atom is -0.458 e. The normalized spacial score (nSPS) is 15.5. The van der Waals surface area contributed by atoms with Crippen molar-refractivity contribution < 1.29 is 14.6 Å². The highest BCUT2D eigenvalue weighted by Crippen LogP contribution is 2.29. The molecule has 2 atom stereocenters. The molecular weight excluding hydrogens is 254 g/mol. The van der Waals surface area contributed by atoms with Crippen LogP contribution in [-0.2, 0) is 0 Å². The molecule has 0 bridgehead atoms. The zero-order chi connectivity index (χ0) is 14.9. The summed E-state index contributed by atoms with van der Waals surface area (Å²) in [4.78, 5) is 0. The van der Waals surface area contributed by atoms with Crippen molar-refractivity contribution in [3.8, 4) is 0 Å². The molecule has 0 spiro atoms. The number of hydrogen-bond donors (Lipinski definition) is 3. The van der Waals surface area contributed by atoms with Crippen molar-refractivity contribution in [1.29, 1.82) is 0 Å². The summed E-state index contributed by atoms with van der Waals surface area (Å²) in [7, 11) is 0. The van der Waals surface area contributed by atoms with E-state index in [1.54, 1.807) is 6.92 Å². The van der Waals surface area contributed by atoms with Gasteiger partial charge in [0, 0.05) is 23.0 Å². The van der Waals surface area contributed by atoms with Crippen LogP contribution in [0, 0.1) is 0 Å². The molecule has 2 rings (SSSR count). The number of para-hydroxylation sites is 1. The van der Waals surface area contributed by atoms with E-state index in [1.807, 2.05) is 45.0 Å². The molecule has 110 valence electrons. The van der Waals surface area contributed by atoms with Crippen LogP contribution < -0.4 is 5.32 Å². The van der Waals surface area contributed by atoms with Crippen LogP contribution in [0.2, 0.25) is 0 Å². The van der Waals surface area contributed by atoms with Gasteiger partial charge in [-0.25, -0.2) is 0 Å². The maximum Gasteiger partial charge on any atom is 0.140 e. The van der Waals surface area contributed by atoms with Gasteiger partial charge in [-0.2, -0.15) is 0 Å². The molecule has 4 nitrogen and oxygen atoms in total. The van der Waals surface area contributed by atoms with Gasteiger partial charge >= 0.3 is 0 Å². The SMILES string of the molecule is C[C@@H](O)c1cccc2cc([C@H](O)CNC(C)(C)C)oc12. The van der Waals surface area contributed by atoms with Crippen LogP contribution >= 0.6 is 0 Å². The number of hydrogen-bond acceptors (Lipinski definition) is 4. The van der Waals surface area contributed by atoms with Crippen LogP contribution in [0.4, 0.5) is 0 Å². The third kappa shape index (κ3) is 3.39. The van der Waals surface area contributed by atoms with Crippen molar-refractivity contribution >= 4 is 11.0 Å². The van der Waals surface area contributed by atoms with Crippen molar-refractivity contribution in [3.05, 3.63) is 35.6 Å². The smallest absolute Gasteiger partial charge is 0.140 e. The van der Waals surface area contributed by atoms with Gasteiger partial charge < -0.3 is 19.9 Å². The summed E-state index contributed by atoms with van der Waals surface area (Å²) in [5.74, 6) is 0.518. The van der Waals surface area contributed by atoms with Crippen molar-refractivity contribution in [3.63, 3.8) is 0 Å². The number of aliphatic hydroxyl groups is 2. The predicted molar refractivity (Wildman–Crippen MR) is 79.6 cm³/mol. The Hall–Kier alpha value is -1.36. The van der Waals surface area contributed by atoms with Crippen LogP contribution in [0.15, 0.2) is 28.7 Å². The first-order valence-electron chi connectivity index (χ1n) is 6.91. The first-order valence-corrected chi connectivity index (χ1v) is 6.91. The maximum absolute atomic E-state index is 10.2. The molecular formula is C16H23NO3. The number of fused-ring (bicyclic) bond motifs is 1. The Morgan fingerprint density at radius 3 is 2.55 bits per heavy atom. The Bertz CT molecular complexity index is 581. The lowest BCUT2D eigenvalue weighted by atomic mass is 10.1. The first-order chi connectivity index (χ1) is 9.28. The van der Waals surface area contributed by atoms with E-state index in [1.165, 1.54) is 0 Å². The van der Waals surface area contributed by atoms with E-state index in [4.69, 9.17) is 4.42 Å². The first kappa shape index (κ1) is 15.0. The fourth-order valence-electron chi connectivity index (χ4n) is 2.10. The van der Waals surface area contributed by atoms with Crippen molar-refractivity contribution in [1.82, 2.24) is 5.32 Å². The molecule has 0 aliphatic rings. The molecule has 1 heterocycles. The van der Waals surface area contributed by atoms with E-state index >= 15 is 0 Å². The number of furan rings is 1. The van der Waals surface area contributed by atoms with Gasteiger partial charge in [0.2, 0.25) is 0 Å². The number of β-amino-alcohol motifs (C(OH)–C–C–N with tert-alkyl or cyclic N) is 1. The van der Waals surface area contributed by atoms with Crippen molar-refractivity contribution in [2.45, 2.75) is 45.4 Å². The summed E-state index contributed by atoms with van der Waals surface area (Å²) < 4.78 is 5.74. The van der Waals surface area contributed by atoms with E-state index in [2.05, 4.69) is 5.32 Å². The molecule has 4 heteroatoms. The Kier molecular flexibility index (Phi) is 4.18. The zero-order valence-corrected chi connectivity index (χ0v) is 12.5. The van der Waals surface area contributed by atoms with E-state index in [0.29, 0.717) is 17.9 Å². The van der Waals surface area contributed by atoms with Crippen LogP contribution in [-0.4, -0.2) is 22.3 Å². The second-order valence-corrected chi connectivity index (χ2v) is 6.24. The molecule has 20 heavy (non-hydrogen) atoms. The number of aliphatic hydroxyl groups excluding tert-OH is 2. The highest BCUT2D eigenvalue weighted by Gasteiger charge is 2.18. The molecule has 0 amide bonds. The lowest BCUT2D eigenvalue weighted by Crippen LogP contribution is -2.38. The summed E-state index contributed by atoms with van der Waals surface area (Å²) in [5.41, 5.74) is 1.33. The highest BCUT2D eigenvalue weighted by atomic mass is 16.4. The van der Waals surface area contributed by atoms with Crippen molar-refractivity contribution in [2.24, 2.45) is 0 Å². The Morgan fingerprint density at radius 2 is 1.95 bits per heavy atom. The van der Waals surface area contributed by atoms with Crippen molar-refractivity contribution in [2.75, 3.05) is 6.54 Å². The largest absolute Gasteiger partial charge is 0.458 e. The molecule has 0 saturated heterocycles. The maximum atomic E-state index is 10.2. The highest BCUT2D eigenvalue weighted by molar-refractivity contribution is 5.81. The van der Waals surface area contributed by atoms with E-state index in [9.17, 15) is 10.2 Å². The molecule has 0 aliphatic heterocycles. The summed E-state index contributed by atoms with van der Waals surface area (Å²) in [5, 5.41) is 24.1. The van der Waals surface area contributed by atoms with Gasteiger partial charge in [-0.15, -0.1) is 0 Å². The number of benzene rings is 1. The lowest BCUT2D eigenvalue weighted by Gasteiger charge is -2.22. The predicted octanol–water partition coefficient (Wildman–Crippen LogP) is 2.91. The molecule has 0 saturated carbocycles.